The van der Waals surface area contributed by atoms with Crippen LogP contribution in [0.25, 0.3) is 0 Å². The van der Waals surface area contributed by atoms with Crippen LogP contribution in [0, 0.1) is 0 Å². The molecule has 0 radical (unpaired) electrons. The van der Waals surface area contributed by atoms with Crippen LogP contribution in [0.2, 0.25) is 10.0 Å². The quantitative estimate of drug-likeness (QED) is 0.291. The maximum atomic E-state index is 11.8. The molecule has 2 amide bonds. The van der Waals surface area contributed by atoms with Gasteiger partial charge in [0, 0.05) is 34.0 Å². The van der Waals surface area contributed by atoms with Crippen LogP contribution in [0.15, 0.2) is 58.7 Å². The van der Waals surface area contributed by atoms with Crippen molar-refractivity contribution in [3.63, 3.8) is 0 Å². The SMILES string of the molecule is O=C(CCCCCCC(=O)N/N=C/c1ccccc1Cl)N/N=C/c1ccccc1Cl. The molecule has 0 fully saturated rings. The third kappa shape index (κ3) is 9.20. The highest BCUT2D eigenvalue weighted by molar-refractivity contribution is 6.33. The molecule has 0 atom stereocenters. The summed E-state index contributed by atoms with van der Waals surface area (Å²) in [6, 6.07) is 14.5. The Morgan fingerprint density at radius 1 is 0.700 bits per heavy atom. The second kappa shape index (κ2) is 13.5. The zero-order valence-corrected chi connectivity index (χ0v) is 18.0. The van der Waals surface area contributed by atoms with Gasteiger partial charge in [-0.2, -0.15) is 10.2 Å². The van der Waals surface area contributed by atoms with Gasteiger partial charge in [-0.05, 0) is 25.0 Å². The summed E-state index contributed by atoms with van der Waals surface area (Å²) >= 11 is 12.0. The number of unbranched alkanes of at least 4 members (excludes halogenated alkanes) is 3. The van der Waals surface area contributed by atoms with Gasteiger partial charge in [-0.15, -0.1) is 0 Å². The lowest BCUT2D eigenvalue weighted by Gasteiger charge is -2.02. The van der Waals surface area contributed by atoms with Crippen LogP contribution in [0.5, 0.6) is 0 Å². The van der Waals surface area contributed by atoms with Gasteiger partial charge in [0.1, 0.15) is 0 Å². The molecule has 8 heteroatoms. The predicted octanol–water partition coefficient (Wildman–Crippen LogP) is 4.93. The highest BCUT2D eigenvalue weighted by Crippen LogP contribution is 2.13. The monoisotopic (exact) mass is 446 g/mol. The van der Waals surface area contributed by atoms with Crippen LogP contribution in [0.1, 0.15) is 49.7 Å². The van der Waals surface area contributed by atoms with E-state index in [0.29, 0.717) is 22.9 Å². The molecule has 0 aliphatic heterocycles. The fourth-order valence-corrected chi connectivity index (χ4v) is 2.91. The van der Waals surface area contributed by atoms with E-state index in [4.69, 9.17) is 23.2 Å². The van der Waals surface area contributed by atoms with Gasteiger partial charge >= 0.3 is 0 Å². The summed E-state index contributed by atoms with van der Waals surface area (Å²) < 4.78 is 0. The number of carbonyl (C=O) groups excluding carboxylic acids is 2. The molecule has 2 aromatic rings. The minimum absolute atomic E-state index is 0.148. The number of halogens is 2. The van der Waals surface area contributed by atoms with Crippen LogP contribution in [0.3, 0.4) is 0 Å². The number of rotatable bonds is 11. The van der Waals surface area contributed by atoms with Gasteiger partial charge in [-0.25, -0.2) is 10.9 Å². The van der Waals surface area contributed by atoms with Crippen molar-refractivity contribution in [1.82, 2.24) is 10.9 Å². The molecule has 0 aliphatic carbocycles. The van der Waals surface area contributed by atoms with Crippen molar-refractivity contribution in [3.8, 4) is 0 Å². The molecule has 0 heterocycles. The summed E-state index contributed by atoms with van der Waals surface area (Å²) in [6.45, 7) is 0. The van der Waals surface area contributed by atoms with Crippen molar-refractivity contribution in [1.29, 1.82) is 0 Å². The van der Waals surface area contributed by atoms with Crippen molar-refractivity contribution in [2.24, 2.45) is 10.2 Å². The first-order valence-electron chi connectivity index (χ1n) is 9.69. The Kier molecular flexibility index (Phi) is 10.6. The number of hydrazone groups is 2. The number of nitrogens with one attached hydrogen (secondary N) is 2. The third-order valence-corrected chi connectivity index (χ3v) is 4.84. The lowest BCUT2D eigenvalue weighted by molar-refractivity contribution is -0.122. The number of amides is 2. The molecule has 0 bridgehead atoms. The highest BCUT2D eigenvalue weighted by atomic mass is 35.5. The average molecular weight is 447 g/mol. The van der Waals surface area contributed by atoms with Crippen molar-refractivity contribution in [2.45, 2.75) is 38.5 Å². The van der Waals surface area contributed by atoms with Gasteiger partial charge in [-0.1, -0.05) is 72.4 Å². The standard InChI is InChI=1S/C22H24Cl2N4O2/c23-19-11-7-5-9-17(19)15-25-27-21(29)13-3-1-2-4-14-22(30)28-26-16-18-10-6-8-12-20(18)24/h5-12,15-16H,1-4,13-14H2,(H,27,29)(H,28,30)/b25-15+,26-16+. The van der Waals surface area contributed by atoms with E-state index in [0.717, 1.165) is 36.8 Å². The van der Waals surface area contributed by atoms with Crippen LogP contribution < -0.4 is 10.9 Å². The topological polar surface area (TPSA) is 82.9 Å². The van der Waals surface area contributed by atoms with E-state index in [2.05, 4.69) is 21.1 Å². The molecule has 2 aromatic carbocycles. The van der Waals surface area contributed by atoms with E-state index in [1.807, 2.05) is 36.4 Å². The zero-order chi connectivity index (χ0) is 21.6. The Hall–Kier alpha value is -2.70. The Bertz CT molecular complexity index is 827. The normalized spacial score (nSPS) is 11.1. The van der Waals surface area contributed by atoms with Crippen LogP contribution in [-0.2, 0) is 9.59 Å². The molecule has 0 spiro atoms. The Labute approximate surface area is 186 Å². The van der Waals surface area contributed by atoms with Gasteiger partial charge < -0.3 is 0 Å². The van der Waals surface area contributed by atoms with E-state index in [1.54, 1.807) is 12.1 Å². The van der Waals surface area contributed by atoms with E-state index in [-0.39, 0.29) is 11.8 Å². The fourth-order valence-electron chi connectivity index (χ4n) is 2.54. The molecule has 0 aliphatic rings. The summed E-state index contributed by atoms with van der Waals surface area (Å²) in [4.78, 5) is 23.5. The van der Waals surface area contributed by atoms with Crippen LogP contribution >= 0.6 is 23.2 Å². The maximum absolute atomic E-state index is 11.8. The van der Waals surface area contributed by atoms with Gasteiger partial charge in [0.15, 0.2) is 0 Å². The Morgan fingerprint density at radius 3 is 1.50 bits per heavy atom. The van der Waals surface area contributed by atoms with Crippen molar-refractivity contribution in [2.75, 3.05) is 0 Å². The maximum Gasteiger partial charge on any atom is 0.240 e. The smallest absolute Gasteiger partial charge is 0.240 e. The second-order valence-corrected chi connectivity index (χ2v) is 7.36. The minimum atomic E-state index is -0.148. The van der Waals surface area contributed by atoms with Gasteiger partial charge in [0.05, 0.1) is 12.4 Å². The number of hydrogen-bond acceptors (Lipinski definition) is 4. The lowest BCUT2D eigenvalue weighted by atomic mass is 10.1. The molecule has 2 N–H and O–H groups in total. The molecular formula is C22H24Cl2N4O2. The number of nitrogens with zero attached hydrogens (tertiary/aromatic N) is 2. The van der Waals surface area contributed by atoms with Crippen LogP contribution in [0.4, 0.5) is 0 Å². The molecular weight excluding hydrogens is 423 g/mol. The zero-order valence-electron chi connectivity index (χ0n) is 16.5. The minimum Gasteiger partial charge on any atom is -0.273 e. The molecule has 2 rings (SSSR count). The van der Waals surface area contributed by atoms with Gasteiger partial charge in [0.2, 0.25) is 11.8 Å². The van der Waals surface area contributed by atoms with Crippen molar-refractivity contribution >= 4 is 47.4 Å². The molecule has 0 saturated heterocycles. The highest BCUT2D eigenvalue weighted by Gasteiger charge is 2.02. The molecule has 0 saturated carbocycles. The first-order valence-corrected chi connectivity index (χ1v) is 10.4. The van der Waals surface area contributed by atoms with Crippen molar-refractivity contribution in [3.05, 3.63) is 69.7 Å². The summed E-state index contributed by atoms with van der Waals surface area (Å²) in [5, 5.41) is 8.98. The predicted molar refractivity (Wildman–Crippen MR) is 122 cm³/mol. The Morgan fingerprint density at radius 2 is 1.10 bits per heavy atom. The Balaban J connectivity index is 1.52. The van der Waals surface area contributed by atoms with E-state index < -0.39 is 0 Å². The fraction of sp³-hybridized carbons (Fsp3) is 0.273. The molecule has 0 aromatic heterocycles. The third-order valence-electron chi connectivity index (χ3n) is 4.15. The van der Waals surface area contributed by atoms with Gasteiger partial charge in [-0.3, -0.25) is 9.59 Å². The number of hydrogen-bond donors (Lipinski definition) is 2. The molecule has 30 heavy (non-hydrogen) atoms. The average Bonchev–Trinajstić information content (AvgIpc) is 2.73. The molecule has 0 unspecified atom stereocenters. The lowest BCUT2D eigenvalue weighted by Crippen LogP contribution is -2.17. The largest absolute Gasteiger partial charge is 0.273 e. The molecule has 158 valence electrons. The first kappa shape index (κ1) is 23.6. The number of benzene rings is 2. The first-order chi connectivity index (χ1) is 14.6. The number of carbonyl (C=O) groups is 2. The van der Waals surface area contributed by atoms with E-state index in [1.165, 1.54) is 12.4 Å². The van der Waals surface area contributed by atoms with E-state index in [9.17, 15) is 9.59 Å². The second-order valence-electron chi connectivity index (χ2n) is 6.54. The summed E-state index contributed by atoms with van der Waals surface area (Å²) in [7, 11) is 0. The summed E-state index contributed by atoms with van der Waals surface area (Å²) in [6.07, 6.45) is 7.00. The summed E-state index contributed by atoms with van der Waals surface area (Å²) in [5.74, 6) is -0.296. The van der Waals surface area contributed by atoms with Gasteiger partial charge in [0.25, 0.3) is 0 Å². The van der Waals surface area contributed by atoms with Crippen LogP contribution in [-0.4, -0.2) is 24.2 Å². The summed E-state index contributed by atoms with van der Waals surface area (Å²) in [5.41, 5.74) is 6.47. The van der Waals surface area contributed by atoms with E-state index >= 15 is 0 Å². The van der Waals surface area contributed by atoms with Crippen molar-refractivity contribution < 1.29 is 9.59 Å². The molecule has 6 nitrogen and oxygen atoms in total.